The Morgan fingerprint density at radius 3 is 2.62 bits per heavy atom. The maximum Gasteiger partial charge on any atom is 0.173 e. The second-order valence-electron chi connectivity index (χ2n) is 9.00. The molecule has 32 heavy (non-hydrogen) atoms. The molecule has 1 aromatic carbocycles. The number of hydrogen-bond acceptors (Lipinski definition) is 6. The molecule has 2 unspecified atom stereocenters. The molecule has 0 N–H and O–H groups in total. The molecule has 1 fully saturated rings. The van der Waals surface area contributed by atoms with Crippen LogP contribution in [0.3, 0.4) is 0 Å². The zero-order chi connectivity index (χ0) is 21.8. The van der Waals surface area contributed by atoms with E-state index in [0.717, 1.165) is 36.4 Å². The fourth-order valence-electron chi connectivity index (χ4n) is 4.05. The Balaban J connectivity index is 0.00000289. The molecule has 9 heteroatoms. The van der Waals surface area contributed by atoms with Crippen LogP contribution in [0.5, 0.6) is 0 Å². The summed E-state index contributed by atoms with van der Waals surface area (Å²) in [4.78, 5) is 6.59. The number of rotatable bonds is 7. The highest BCUT2D eigenvalue weighted by Gasteiger charge is 2.33. The van der Waals surface area contributed by atoms with E-state index in [1.54, 1.807) is 6.20 Å². The fraction of sp³-hybridized carbons (Fsp3) is 0.478. The summed E-state index contributed by atoms with van der Waals surface area (Å²) in [6.45, 7) is 8.35. The highest BCUT2D eigenvalue weighted by atomic mass is 35.5. The molecule has 0 radical (unpaired) electrons. The van der Waals surface area contributed by atoms with E-state index in [1.807, 2.05) is 29.1 Å². The molecule has 0 spiro atoms. The number of nitrogens with zero attached hydrogens (tertiary/aromatic N) is 6. The van der Waals surface area contributed by atoms with Crippen LogP contribution in [0.15, 0.2) is 48.8 Å². The summed E-state index contributed by atoms with van der Waals surface area (Å²) in [7, 11) is 0. The molecule has 0 saturated carbocycles. The molecule has 1 aliphatic rings. The summed E-state index contributed by atoms with van der Waals surface area (Å²) < 4.78 is 21.6. The first-order valence-electron chi connectivity index (χ1n) is 10.7. The van der Waals surface area contributed by atoms with Crippen molar-refractivity contribution in [3.8, 4) is 0 Å². The van der Waals surface area contributed by atoms with E-state index in [9.17, 15) is 4.39 Å². The molecule has 0 amide bonds. The fourth-order valence-corrected chi connectivity index (χ4v) is 4.05. The minimum absolute atomic E-state index is 0. The first-order chi connectivity index (χ1) is 14.9. The van der Waals surface area contributed by atoms with Gasteiger partial charge in [-0.05, 0) is 73.4 Å². The average molecular weight is 461 g/mol. The third-order valence-electron chi connectivity index (χ3n) is 5.50. The van der Waals surface area contributed by atoms with Gasteiger partial charge in [0.05, 0.1) is 17.7 Å². The molecule has 1 saturated heterocycles. The molecule has 172 valence electrons. The molecule has 0 aliphatic carbocycles. The highest BCUT2D eigenvalue weighted by molar-refractivity contribution is 5.85. The second-order valence-corrected chi connectivity index (χ2v) is 9.00. The Kier molecular flexibility index (Phi) is 7.92. The number of aromatic nitrogens is 5. The van der Waals surface area contributed by atoms with Crippen molar-refractivity contribution in [3.63, 3.8) is 0 Å². The summed E-state index contributed by atoms with van der Waals surface area (Å²) in [5.74, 6) is 0.455. The summed E-state index contributed by atoms with van der Waals surface area (Å²) >= 11 is 0. The van der Waals surface area contributed by atoms with E-state index >= 15 is 0 Å². The van der Waals surface area contributed by atoms with Crippen LogP contribution in [0.1, 0.15) is 56.6 Å². The number of tetrazole rings is 1. The normalized spacial score (nSPS) is 17.3. The van der Waals surface area contributed by atoms with Gasteiger partial charge in [0, 0.05) is 32.1 Å². The summed E-state index contributed by atoms with van der Waals surface area (Å²) in [5.41, 5.74) is 1.71. The van der Waals surface area contributed by atoms with Gasteiger partial charge >= 0.3 is 0 Å². The van der Waals surface area contributed by atoms with Crippen LogP contribution in [0.2, 0.25) is 0 Å². The van der Waals surface area contributed by atoms with Gasteiger partial charge in [-0.3, -0.25) is 9.88 Å². The highest BCUT2D eigenvalue weighted by Crippen LogP contribution is 2.32. The third kappa shape index (κ3) is 5.68. The molecular weight excluding hydrogens is 431 g/mol. The Labute approximate surface area is 194 Å². The number of hydrogen-bond donors (Lipinski definition) is 0. The smallest absolute Gasteiger partial charge is 0.173 e. The zero-order valence-corrected chi connectivity index (χ0v) is 19.5. The van der Waals surface area contributed by atoms with Crippen LogP contribution in [-0.2, 0) is 16.8 Å². The zero-order valence-electron chi connectivity index (χ0n) is 18.7. The van der Waals surface area contributed by atoms with Gasteiger partial charge < -0.3 is 4.74 Å². The predicted molar refractivity (Wildman–Crippen MR) is 122 cm³/mol. The maximum absolute atomic E-state index is 13.7. The van der Waals surface area contributed by atoms with Gasteiger partial charge in [0.25, 0.3) is 0 Å². The SMILES string of the molecule is CC(C)(C)n1nnnc1C(c1ccc(F)cc1)N(Cc1cccnc1)CC1CCCO1.Cl. The van der Waals surface area contributed by atoms with Crippen LogP contribution < -0.4 is 0 Å². The summed E-state index contributed by atoms with van der Waals surface area (Å²) in [6, 6.07) is 10.3. The van der Waals surface area contributed by atoms with E-state index in [0.29, 0.717) is 13.1 Å². The topological polar surface area (TPSA) is 69.0 Å². The van der Waals surface area contributed by atoms with Crippen LogP contribution >= 0.6 is 12.4 Å². The lowest BCUT2D eigenvalue weighted by atomic mass is 10.0. The lowest BCUT2D eigenvalue weighted by Crippen LogP contribution is -2.39. The minimum Gasteiger partial charge on any atom is -0.377 e. The van der Waals surface area contributed by atoms with Crippen molar-refractivity contribution >= 4 is 12.4 Å². The Morgan fingerprint density at radius 1 is 1.22 bits per heavy atom. The lowest BCUT2D eigenvalue weighted by Gasteiger charge is -2.34. The van der Waals surface area contributed by atoms with Crippen LogP contribution in [0.4, 0.5) is 4.39 Å². The van der Waals surface area contributed by atoms with Gasteiger partial charge in [0.2, 0.25) is 0 Å². The predicted octanol–water partition coefficient (Wildman–Crippen LogP) is 4.15. The van der Waals surface area contributed by atoms with Crippen molar-refractivity contribution < 1.29 is 9.13 Å². The Bertz CT molecular complexity index is 970. The molecule has 3 aromatic rings. The molecule has 7 nitrogen and oxygen atoms in total. The number of ether oxygens (including phenoxy) is 1. The van der Waals surface area contributed by atoms with E-state index in [4.69, 9.17) is 4.74 Å². The van der Waals surface area contributed by atoms with Crippen LogP contribution in [-0.4, -0.2) is 49.3 Å². The molecule has 3 heterocycles. The summed E-state index contributed by atoms with van der Waals surface area (Å²) in [6.07, 6.45) is 5.86. The van der Waals surface area contributed by atoms with Gasteiger partial charge in [0.1, 0.15) is 5.82 Å². The van der Waals surface area contributed by atoms with E-state index in [2.05, 4.69) is 52.2 Å². The van der Waals surface area contributed by atoms with E-state index < -0.39 is 0 Å². The number of benzene rings is 1. The minimum atomic E-state index is -0.305. The van der Waals surface area contributed by atoms with Crippen molar-refractivity contribution in [2.24, 2.45) is 0 Å². The van der Waals surface area contributed by atoms with Crippen LogP contribution in [0.25, 0.3) is 0 Å². The van der Waals surface area contributed by atoms with Gasteiger partial charge in [-0.25, -0.2) is 9.07 Å². The van der Waals surface area contributed by atoms with E-state index in [-0.39, 0.29) is 35.9 Å². The lowest BCUT2D eigenvalue weighted by molar-refractivity contribution is 0.0566. The molecular formula is C23H30ClFN6O. The Morgan fingerprint density at radius 2 is 2.00 bits per heavy atom. The monoisotopic (exact) mass is 460 g/mol. The Hall–Kier alpha value is -2.42. The largest absolute Gasteiger partial charge is 0.377 e. The quantitative estimate of drug-likeness (QED) is 0.527. The molecule has 4 rings (SSSR count). The van der Waals surface area contributed by atoms with Crippen molar-refractivity contribution in [2.45, 2.75) is 57.8 Å². The van der Waals surface area contributed by atoms with E-state index in [1.165, 1.54) is 12.1 Å². The van der Waals surface area contributed by atoms with Gasteiger partial charge in [-0.1, -0.05) is 18.2 Å². The summed E-state index contributed by atoms with van der Waals surface area (Å²) in [5, 5.41) is 12.7. The van der Waals surface area contributed by atoms with Gasteiger partial charge in [0.15, 0.2) is 5.82 Å². The third-order valence-corrected chi connectivity index (χ3v) is 5.50. The second kappa shape index (κ2) is 10.5. The molecule has 1 aliphatic heterocycles. The van der Waals surface area contributed by atoms with Crippen molar-refractivity contribution in [1.29, 1.82) is 0 Å². The standard InChI is InChI=1S/C23H29FN6O.ClH/c1-23(2,3)30-22(26-27-28-30)21(18-8-10-19(24)11-9-18)29(16-20-7-5-13-31-20)15-17-6-4-12-25-14-17;/h4,6,8-12,14,20-21H,5,7,13,15-16H2,1-3H3;1H. The van der Waals surface area contributed by atoms with Crippen molar-refractivity contribution in [3.05, 3.63) is 71.6 Å². The first-order valence-corrected chi connectivity index (χ1v) is 10.7. The number of pyridine rings is 1. The molecule has 2 atom stereocenters. The molecule has 0 bridgehead atoms. The first kappa shape index (κ1) is 24.2. The van der Waals surface area contributed by atoms with Gasteiger partial charge in [-0.15, -0.1) is 17.5 Å². The molecule has 2 aromatic heterocycles. The van der Waals surface area contributed by atoms with Gasteiger partial charge in [-0.2, -0.15) is 0 Å². The number of halogens is 2. The van der Waals surface area contributed by atoms with Crippen LogP contribution in [0, 0.1) is 5.82 Å². The maximum atomic E-state index is 13.7. The van der Waals surface area contributed by atoms with Crippen molar-refractivity contribution in [1.82, 2.24) is 30.1 Å². The van der Waals surface area contributed by atoms with Crippen molar-refractivity contribution in [2.75, 3.05) is 13.2 Å². The average Bonchev–Trinajstić information content (AvgIpc) is 3.42.